The van der Waals surface area contributed by atoms with Crippen molar-refractivity contribution in [2.45, 2.75) is 39.4 Å². The van der Waals surface area contributed by atoms with Crippen molar-refractivity contribution in [3.63, 3.8) is 0 Å². The summed E-state index contributed by atoms with van der Waals surface area (Å²) in [7, 11) is 1.59. The van der Waals surface area contributed by atoms with Crippen LogP contribution in [0.4, 0.5) is 5.82 Å². The molecule has 5 rings (SSSR count). The summed E-state index contributed by atoms with van der Waals surface area (Å²) in [5.41, 5.74) is 5.35. The first-order chi connectivity index (χ1) is 17.4. The Bertz CT molecular complexity index is 1460. The second kappa shape index (κ2) is 9.43. The molecule has 1 aromatic carbocycles. The van der Waals surface area contributed by atoms with E-state index in [1.807, 2.05) is 37.8 Å². The summed E-state index contributed by atoms with van der Waals surface area (Å²) in [5, 5.41) is 36.2. The molecule has 10 nitrogen and oxygen atoms in total. The van der Waals surface area contributed by atoms with E-state index in [-0.39, 0.29) is 6.10 Å². The van der Waals surface area contributed by atoms with Gasteiger partial charge in [-0.05, 0) is 44.9 Å². The van der Waals surface area contributed by atoms with Crippen molar-refractivity contribution >= 4 is 16.7 Å². The van der Waals surface area contributed by atoms with Gasteiger partial charge in [0, 0.05) is 41.9 Å². The Labute approximate surface area is 208 Å². The Morgan fingerprint density at radius 2 is 2.06 bits per heavy atom. The molecule has 10 heteroatoms. The lowest BCUT2D eigenvalue weighted by Gasteiger charge is -2.20. The van der Waals surface area contributed by atoms with Crippen LogP contribution in [0.3, 0.4) is 0 Å². The fourth-order valence-electron chi connectivity index (χ4n) is 4.83. The lowest BCUT2D eigenvalue weighted by Crippen LogP contribution is -2.23. The molecular formula is C26H27N7O3. The zero-order chi connectivity index (χ0) is 25.4. The SMILES string of the molecule is COc1cc2[nH]nc(-c3cnc(N4CC[C@H](O)C4)c(C#N)c3)c2cc1O[C@H](C)c1c(C)cnnc1C. The Morgan fingerprint density at radius 3 is 2.75 bits per heavy atom. The minimum atomic E-state index is -0.403. The molecule has 36 heavy (non-hydrogen) atoms. The van der Waals surface area contributed by atoms with Crippen LogP contribution in [0.5, 0.6) is 11.5 Å². The Balaban J connectivity index is 1.53. The number of aromatic nitrogens is 5. The molecule has 0 spiro atoms. The lowest BCUT2D eigenvalue weighted by atomic mass is 10.0. The Hall–Kier alpha value is -4.23. The standard InChI is InChI=1S/C26H27N7O3/c1-14-11-29-30-15(2)24(14)16(3)36-23-8-20-21(9-22(23)35-4)31-32-25(20)18-7-17(10-27)26(28-12-18)33-6-5-19(34)13-33/h7-9,11-12,16,19,34H,5-6,13H2,1-4H3,(H,31,32)/t16-,19+/m1/s1. The van der Waals surface area contributed by atoms with Crippen LogP contribution in [-0.2, 0) is 0 Å². The van der Waals surface area contributed by atoms with Gasteiger partial charge in [-0.15, -0.1) is 0 Å². The molecular weight excluding hydrogens is 458 g/mol. The number of aliphatic hydroxyl groups is 1. The van der Waals surface area contributed by atoms with Crippen LogP contribution in [-0.4, -0.2) is 56.8 Å². The van der Waals surface area contributed by atoms with Crippen LogP contribution >= 0.6 is 0 Å². The van der Waals surface area contributed by atoms with Gasteiger partial charge in [0.25, 0.3) is 0 Å². The maximum Gasteiger partial charge on any atom is 0.162 e. The zero-order valence-corrected chi connectivity index (χ0v) is 20.6. The fourth-order valence-corrected chi connectivity index (χ4v) is 4.83. The van der Waals surface area contributed by atoms with Crippen LogP contribution in [0.1, 0.15) is 41.8 Å². The highest BCUT2D eigenvalue weighted by Gasteiger charge is 2.25. The van der Waals surface area contributed by atoms with E-state index in [1.54, 1.807) is 25.6 Å². The molecule has 184 valence electrons. The molecule has 1 aliphatic heterocycles. The highest BCUT2D eigenvalue weighted by atomic mass is 16.5. The number of methoxy groups -OCH3 is 1. The largest absolute Gasteiger partial charge is 0.493 e. The van der Waals surface area contributed by atoms with E-state index >= 15 is 0 Å². The lowest BCUT2D eigenvalue weighted by molar-refractivity contribution is 0.198. The van der Waals surface area contributed by atoms with E-state index in [1.165, 1.54) is 0 Å². The molecule has 0 saturated carbocycles. The van der Waals surface area contributed by atoms with Crippen molar-refractivity contribution < 1.29 is 14.6 Å². The van der Waals surface area contributed by atoms with Crippen molar-refractivity contribution in [3.8, 4) is 28.8 Å². The van der Waals surface area contributed by atoms with Crippen molar-refractivity contribution in [2.75, 3.05) is 25.1 Å². The number of nitrogens with one attached hydrogen (secondary N) is 1. The summed E-state index contributed by atoms with van der Waals surface area (Å²) >= 11 is 0. The second-order valence-corrected chi connectivity index (χ2v) is 9.00. The second-order valence-electron chi connectivity index (χ2n) is 9.00. The number of hydrogen-bond acceptors (Lipinski definition) is 9. The van der Waals surface area contributed by atoms with Crippen molar-refractivity contribution in [1.82, 2.24) is 25.4 Å². The van der Waals surface area contributed by atoms with Gasteiger partial charge in [-0.25, -0.2) is 4.98 Å². The maximum absolute atomic E-state index is 9.89. The van der Waals surface area contributed by atoms with Crippen LogP contribution in [0.25, 0.3) is 22.2 Å². The van der Waals surface area contributed by atoms with E-state index in [0.717, 1.165) is 27.7 Å². The maximum atomic E-state index is 9.89. The number of aromatic amines is 1. The molecule has 0 radical (unpaired) electrons. The summed E-state index contributed by atoms with van der Waals surface area (Å²) in [6.45, 7) is 7.00. The number of β-amino-alcohol motifs (C(OH)–C–C–N with tert-alkyl or cyclic N) is 1. The van der Waals surface area contributed by atoms with Gasteiger partial charge in [-0.2, -0.15) is 20.6 Å². The third kappa shape index (κ3) is 4.18. The summed E-state index contributed by atoms with van der Waals surface area (Å²) in [4.78, 5) is 6.50. The number of hydrogen-bond donors (Lipinski definition) is 2. The van der Waals surface area contributed by atoms with Crippen molar-refractivity contribution in [1.29, 1.82) is 5.26 Å². The number of benzene rings is 1. The first kappa shape index (κ1) is 23.5. The minimum Gasteiger partial charge on any atom is -0.493 e. The molecule has 0 unspecified atom stereocenters. The predicted molar refractivity (Wildman–Crippen MR) is 134 cm³/mol. The molecule has 1 aliphatic rings. The third-order valence-electron chi connectivity index (χ3n) is 6.55. The van der Waals surface area contributed by atoms with E-state index in [4.69, 9.17) is 9.47 Å². The normalized spacial score (nSPS) is 16.2. The molecule has 0 aliphatic carbocycles. The monoisotopic (exact) mass is 485 g/mol. The molecule has 2 atom stereocenters. The van der Waals surface area contributed by atoms with Gasteiger partial charge in [0.15, 0.2) is 11.5 Å². The van der Waals surface area contributed by atoms with Crippen molar-refractivity contribution in [2.24, 2.45) is 0 Å². The van der Waals surface area contributed by atoms with Gasteiger partial charge in [-0.1, -0.05) is 0 Å². The van der Waals surface area contributed by atoms with E-state index < -0.39 is 6.10 Å². The van der Waals surface area contributed by atoms with Gasteiger partial charge in [0.05, 0.1) is 36.2 Å². The van der Waals surface area contributed by atoms with E-state index in [2.05, 4.69) is 31.4 Å². The number of ether oxygens (including phenoxy) is 2. The molecule has 2 N–H and O–H groups in total. The summed E-state index contributed by atoms with van der Waals surface area (Å²) in [5.74, 6) is 1.71. The molecule has 0 bridgehead atoms. The molecule has 4 heterocycles. The van der Waals surface area contributed by atoms with Crippen molar-refractivity contribution in [3.05, 3.63) is 53.0 Å². The average molecular weight is 486 g/mol. The molecule has 1 fully saturated rings. The number of nitriles is 1. The number of pyridine rings is 1. The molecule has 3 aromatic heterocycles. The summed E-state index contributed by atoms with van der Waals surface area (Å²) in [6, 6.07) is 7.76. The van der Waals surface area contributed by atoms with Gasteiger partial charge in [0.1, 0.15) is 23.7 Å². The van der Waals surface area contributed by atoms with Crippen LogP contribution in [0, 0.1) is 25.2 Å². The smallest absolute Gasteiger partial charge is 0.162 e. The quantitative estimate of drug-likeness (QED) is 0.420. The summed E-state index contributed by atoms with van der Waals surface area (Å²) in [6.07, 6.45) is 3.40. The number of fused-ring (bicyclic) bond motifs is 1. The first-order valence-electron chi connectivity index (χ1n) is 11.7. The van der Waals surface area contributed by atoms with Crippen LogP contribution in [0.15, 0.2) is 30.6 Å². The Kier molecular flexibility index (Phi) is 6.16. The highest BCUT2D eigenvalue weighted by Crippen LogP contribution is 2.39. The number of H-pyrrole nitrogens is 1. The summed E-state index contributed by atoms with van der Waals surface area (Å²) < 4.78 is 12.0. The van der Waals surface area contributed by atoms with E-state index in [0.29, 0.717) is 53.6 Å². The van der Waals surface area contributed by atoms with Gasteiger partial charge in [-0.3, -0.25) is 5.10 Å². The fraction of sp³-hybridized carbons (Fsp3) is 0.346. The zero-order valence-electron chi connectivity index (χ0n) is 20.6. The topological polar surface area (TPSA) is 133 Å². The number of rotatable bonds is 6. The number of nitrogens with zero attached hydrogens (tertiary/aromatic N) is 6. The van der Waals surface area contributed by atoms with Gasteiger partial charge < -0.3 is 19.5 Å². The average Bonchev–Trinajstić information content (AvgIpc) is 3.48. The number of aliphatic hydroxyl groups excluding tert-OH is 1. The molecule has 0 amide bonds. The molecule has 4 aromatic rings. The van der Waals surface area contributed by atoms with Gasteiger partial charge >= 0.3 is 0 Å². The Morgan fingerprint density at radius 1 is 1.22 bits per heavy atom. The van der Waals surface area contributed by atoms with Crippen LogP contribution < -0.4 is 14.4 Å². The minimum absolute atomic E-state index is 0.288. The predicted octanol–water partition coefficient (Wildman–Crippen LogP) is 3.62. The number of aryl methyl sites for hydroxylation is 2. The molecule has 1 saturated heterocycles. The highest BCUT2D eigenvalue weighted by molar-refractivity contribution is 5.95. The van der Waals surface area contributed by atoms with Gasteiger partial charge in [0.2, 0.25) is 0 Å². The third-order valence-corrected chi connectivity index (χ3v) is 6.55. The van der Waals surface area contributed by atoms with E-state index in [9.17, 15) is 10.4 Å². The first-order valence-corrected chi connectivity index (χ1v) is 11.7. The van der Waals surface area contributed by atoms with Crippen LogP contribution in [0.2, 0.25) is 0 Å². The number of anilines is 1.